The molecule has 10 aromatic rings. The Morgan fingerprint density at radius 1 is 0.537 bits per heavy atom. The molecule has 0 atom stereocenters. The maximum Gasteiger partial charge on any atom is 0.135 e. The van der Waals surface area contributed by atoms with Crippen molar-refractivity contribution in [3.63, 3.8) is 0 Å². The molecule has 0 fully saturated rings. The van der Waals surface area contributed by atoms with Crippen LogP contribution >= 0.6 is 0 Å². The molecule has 2 aliphatic rings. The quantitative estimate of drug-likeness (QED) is 0.142. The second kappa shape index (κ2) is 20.1. The molecule has 0 bridgehead atoms. The van der Waals surface area contributed by atoms with E-state index in [-0.39, 0.29) is 42.9 Å². The third-order valence-electron chi connectivity index (χ3n) is 16.4. The van der Waals surface area contributed by atoms with Gasteiger partial charge in [0.2, 0.25) is 0 Å². The van der Waals surface area contributed by atoms with Crippen LogP contribution in [0.5, 0.6) is 11.5 Å². The smallest absolute Gasteiger partial charge is 0.135 e. The Morgan fingerprint density at radius 3 is 1.89 bits per heavy atom. The van der Waals surface area contributed by atoms with E-state index in [1.807, 2.05) is 119 Å². The van der Waals surface area contributed by atoms with Gasteiger partial charge in [-0.25, -0.2) is 4.98 Å². The number of hydrogen-bond donors (Lipinski definition) is 0. The van der Waals surface area contributed by atoms with E-state index in [0.717, 1.165) is 74.1 Å². The summed E-state index contributed by atoms with van der Waals surface area (Å²) in [6, 6.07) is 63.6. The summed E-state index contributed by atoms with van der Waals surface area (Å²) in [5, 5.41) is 2.07. The van der Waals surface area contributed by atoms with Crippen molar-refractivity contribution in [1.29, 1.82) is 0 Å². The van der Waals surface area contributed by atoms with Crippen LogP contribution < -0.4 is 14.5 Å². The second-order valence-electron chi connectivity index (χ2n) is 25.0. The van der Waals surface area contributed by atoms with Crippen LogP contribution in [-0.2, 0) is 48.1 Å². The molecule has 3 heterocycles. The van der Waals surface area contributed by atoms with Crippen molar-refractivity contribution in [2.24, 2.45) is 0 Å². The van der Waals surface area contributed by atoms with Gasteiger partial charge in [-0.1, -0.05) is 211 Å². The third-order valence-corrected chi connectivity index (χ3v) is 16.4. The number of ether oxygens (including phenoxy) is 1. The summed E-state index contributed by atoms with van der Waals surface area (Å²) < 4.78 is 88.5. The summed E-state index contributed by atoms with van der Waals surface area (Å²) in [5.41, 5.74) is 9.63. The number of benzene rings is 8. The van der Waals surface area contributed by atoms with E-state index in [4.69, 9.17) is 22.1 Å². The number of aromatic nitrogens is 2. The number of rotatable bonds is 8. The van der Waals surface area contributed by atoms with E-state index >= 15 is 0 Å². The number of hydrogen-bond acceptors (Lipinski definition) is 4. The van der Waals surface area contributed by atoms with E-state index in [9.17, 15) is 0 Å². The third kappa shape index (κ3) is 9.88. The summed E-state index contributed by atoms with van der Waals surface area (Å²) in [6.45, 7) is 13.3. The molecule has 408 valence electrons. The molecule has 0 spiro atoms. The topological polar surface area (TPSA) is 33.5 Å². The molecule has 80 heavy (non-hydrogen) atoms. The number of fused-ring (bicyclic) bond motifs is 5. The summed E-state index contributed by atoms with van der Waals surface area (Å²) in [6.07, 6.45) is 4.03. The molecule has 6 heteroatoms. The number of anilines is 4. The first-order valence-electron chi connectivity index (χ1n) is 32.0. The van der Waals surface area contributed by atoms with Gasteiger partial charge < -0.3 is 19.1 Å². The fourth-order valence-electron chi connectivity index (χ4n) is 11.9. The van der Waals surface area contributed by atoms with Gasteiger partial charge in [-0.05, 0) is 114 Å². The minimum Gasteiger partial charge on any atom is -0.509 e. The van der Waals surface area contributed by atoms with Crippen molar-refractivity contribution >= 4 is 44.6 Å². The Bertz CT molecular complexity index is 4320. The molecule has 0 radical (unpaired) electrons. The Labute approximate surface area is 502 Å². The van der Waals surface area contributed by atoms with E-state index < -0.39 is 31.4 Å². The maximum absolute atomic E-state index is 8.84. The van der Waals surface area contributed by atoms with Crippen LogP contribution in [0.25, 0.3) is 61.0 Å². The van der Waals surface area contributed by atoms with E-state index in [0.29, 0.717) is 39.6 Å². The zero-order valence-electron chi connectivity index (χ0n) is 56.2. The molecule has 5 nitrogen and oxygen atoms in total. The predicted octanol–water partition coefficient (Wildman–Crippen LogP) is 20.2. The summed E-state index contributed by atoms with van der Waals surface area (Å²) in [4.78, 5) is 9.32. The van der Waals surface area contributed by atoms with Gasteiger partial charge in [0.25, 0.3) is 0 Å². The number of para-hydroxylation sites is 4. The summed E-state index contributed by atoms with van der Waals surface area (Å²) in [5.74, 6) is 1.71. The molecule has 12 rings (SSSR count). The fourth-order valence-corrected chi connectivity index (χ4v) is 11.9. The molecular formula is C74H73N4OPt-3. The Kier molecular flexibility index (Phi) is 11.2. The molecule has 1 aliphatic carbocycles. The van der Waals surface area contributed by atoms with Gasteiger partial charge in [0, 0.05) is 90.4 Å². The van der Waals surface area contributed by atoms with Crippen molar-refractivity contribution in [3.8, 4) is 50.7 Å². The van der Waals surface area contributed by atoms with Gasteiger partial charge in [-0.2, -0.15) is 12.1 Å². The average Bonchev–Trinajstić information content (AvgIpc) is 1.30. The van der Waals surface area contributed by atoms with Crippen LogP contribution in [-0.4, -0.2) is 9.55 Å². The molecule has 0 unspecified atom stereocenters. The van der Waals surface area contributed by atoms with Crippen molar-refractivity contribution in [2.45, 2.75) is 130 Å². The summed E-state index contributed by atoms with van der Waals surface area (Å²) in [7, 11) is 0. The van der Waals surface area contributed by atoms with Gasteiger partial charge in [0.05, 0.1) is 0 Å². The van der Waals surface area contributed by atoms with Gasteiger partial charge >= 0.3 is 0 Å². The minimum absolute atomic E-state index is 0. The van der Waals surface area contributed by atoms with Crippen LogP contribution in [0.1, 0.15) is 143 Å². The zero-order chi connectivity index (χ0) is 62.9. The molecule has 0 saturated carbocycles. The molecule has 1 aliphatic heterocycles. The van der Waals surface area contributed by atoms with E-state index in [2.05, 4.69) is 148 Å². The van der Waals surface area contributed by atoms with Crippen molar-refractivity contribution in [1.82, 2.24) is 9.55 Å². The van der Waals surface area contributed by atoms with Crippen molar-refractivity contribution in [3.05, 3.63) is 223 Å². The van der Waals surface area contributed by atoms with Gasteiger partial charge in [-0.15, -0.1) is 48.1 Å². The van der Waals surface area contributed by atoms with Crippen LogP contribution in [0.2, 0.25) is 0 Å². The fraction of sp³-hybridized carbons (Fsp3) is 0.270. The molecule has 8 aromatic carbocycles. The first kappa shape index (κ1) is 44.5. The van der Waals surface area contributed by atoms with Crippen LogP contribution in [0.3, 0.4) is 0 Å². The van der Waals surface area contributed by atoms with Crippen LogP contribution in [0.4, 0.5) is 22.7 Å². The standard InChI is InChI=1S/C74H73N4O.Pt/c1-70(2,3)51-39-50(40-52(42-51)71(4,5)6)57-29-22-28-56(49-33-36-61-63(41-49)74(12,13)38-37-73(61,10)11)69(57)77-47-76(65-31-19-20-32-66(65)77)53-25-21-26-54(43-53)79-55-34-35-59-58-27-17-18-30-64(58)78(67(59)44-55)68-45-62(72(7,8)9)60(46-75-68)48-23-15-14-16-24-48;/h14-36,39-42,45-47H,37-38H2,1-13H3;/q-3;/i1D3,2D3,3D3;. The number of nitrogens with zero attached hydrogens (tertiary/aromatic N) is 4. The largest absolute Gasteiger partial charge is 0.509 e. The van der Waals surface area contributed by atoms with Gasteiger partial charge in [-0.3, -0.25) is 0 Å². The second-order valence-corrected chi connectivity index (χ2v) is 25.0. The maximum atomic E-state index is 8.84. The van der Waals surface area contributed by atoms with E-state index in [1.54, 1.807) is 0 Å². The monoisotopic (exact) mass is 1240 g/mol. The average molecular weight is 1240 g/mol. The molecule has 0 amide bonds. The SMILES string of the molecule is [2H]C([2H])([2H])C(c1cc(-c2cccc(-c3ccc4c(c3)C(C)(C)CCC4(C)C)c2N2[CH-]N(c3[c-]c(Oc4[c-]c5c(cc4)c4ccccc4n5-c4cc(C(C)(C)C)c(-c5ccccc5)cn4)ccc3)c3ccccc32)cc(C(C)(C)C)c1)(C([2H])([2H])[2H])C([2H])([2H])[2H].[Pt]. The normalized spacial score (nSPS) is 17.1. The first-order chi connectivity index (χ1) is 41.3. The zero-order valence-corrected chi connectivity index (χ0v) is 49.5. The van der Waals surface area contributed by atoms with Gasteiger partial charge in [0.1, 0.15) is 5.82 Å². The molecule has 0 saturated heterocycles. The van der Waals surface area contributed by atoms with Crippen molar-refractivity contribution < 1.29 is 38.1 Å². The molecule has 2 aromatic heterocycles. The Morgan fingerprint density at radius 2 is 1.18 bits per heavy atom. The Hall–Kier alpha value is -7.20. The van der Waals surface area contributed by atoms with Crippen molar-refractivity contribution in [2.75, 3.05) is 9.80 Å². The molecule has 0 N–H and O–H groups in total. The van der Waals surface area contributed by atoms with Crippen LogP contribution in [0, 0.1) is 18.8 Å². The minimum atomic E-state index is -3.47. The molecular weight excluding hydrogens is 1160 g/mol. The van der Waals surface area contributed by atoms with Crippen LogP contribution in [0.15, 0.2) is 176 Å². The summed E-state index contributed by atoms with van der Waals surface area (Å²) >= 11 is 0. The first-order valence-corrected chi connectivity index (χ1v) is 27.5. The number of pyridine rings is 1. The van der Waals surface area contributed by atoms with E-state index in [1.165, 1.54) is 28.8 Å². The predicted molar refractivity (Wildman–Crippen MR) is 332 cm³/mol. The van der Waals surface area contributed by atoms with Gasteiger partial charge in [0.15, 0.2) is 0 Å². The Balaban J connectivity index is 0.00000817.